The summed E-state index contributed by atoms with van der Waals surface area (Å²) < 4.78 is 1.88. The minimum Gasteiger partial charge on any atom is -0.477 e. The van der Waals surface area contributed by atoms with Gasteiger partial charge in [0, 0.05) is 7.05 Å². The largest absolute Gasteiger partial charge is 0.477 e. The molecule has 0 aliphatic carbocycles. The highest BCUT2D eigenvalue weighted by atomic mass is 79.9. The second kappa shape index (κ2) is 8.93. The predicted octanol–water partition coefficient (Wildman–Crippen LogP) is 4.97. The first kappa shape index (κ1) is 20.3. The van der Waals surface area contributed by atoms with Gasteiger partial charge in [0.1, 0.15) is 4.88 Å². The first-order valence-corrected chi connectivity index (χ1v) is 9.46. The number of carbonyl (C=O) groups excluding carboxylic acids is 1. The number of hydrogen-bond donors (Lipinski definition) is 1. The van der Waals surface area contributed by atoms with Crippen LogP contribution >= 0.6 is 54.5 Å². The molecule has 0 saturated carbocycles. The maximum absolute atomic E-state index is 11.5. The van der Waals surface area contributed by atoms with Crippen LogP contribution < -0.4 is 0 Å². The highest BCUT2D eigenvalue weighted by molar-refractivity contribution is 9.11. The molecular formula is C14H15Br2NO4S2. The van der Waals surface area contributed by atoms with Crippen LogP contribution in [0.1, 0.15) is 30.5 Å². The van der Waals surface area contributed by atoms with E-state index in [0.29, 0.717) is 9.75 Å². The molecule has 1 amide bonds. The van der Waals surface area contributed by atoms with Crippen molar-refractivity contribution in [2.45, 2.75) is 13.8 Å². The molecule has 0 aliphatic heterocycles. The van der Waals surface area contributed by atoms with Gasteiger partial charge in [-0.3, -0.25) is 9.63 Å². The number of halogens is 2. The SMILES string of the molecule is CON(C)C(=O)c1cc(C)c(Br)s1.Cc1cc(C(=O)O)sc1Br. The minimum atomic E-state index is -0.862. The van der Waals surface area contributed by atoms with Crippen molar-refractivity contribution in [2.75, 3.05) is 14.2 Å². The van der Waals surface area contributed by atoms with Gasteiger partial charge in [0.2, 0.25) is 0 Å². The highest BCUT2D eigenvalue weighted by Crippen LogP contribution is 2.28. The lowest BCUT2D eigenvalue weighted by Crippen LogP contribution is -2.24. The lowest BCUT2D eigenvalue weighted by molar-refractivity contribution is -0.0753. The zero-order valence-electron chi connectivity index (χ0n) is 12.8. The van der Waals surface area contributed by atoms with Gasteiger partial charge in [-0.2, -0.15) is 0 Å². The summed E-state index contributed by atoms with van der Waals surface area (Å²) in [4.78, 5) is 27.7. The molecule has 0 unspecified atom stereocenters. The van der Waals surface area contributed by atoms with Crippen molar-refractivity contribution < 1.29 is 19.5 Å². The normalized spacial score (nSPS) is 10.0. The Balaban J connectivity index is 0.000000238. The van der Waals surface area contributed by atoms with E-state index in [4.69, 9.17) is 9.94 Å². The van der Waals surface area contributed by atoms with Gasteiger partial charge >= 0.3 is 5.97 Å². The van der Waals surface area contributed by atoms with E-state index in [9.17, 15) is 9.59 Å². The van der Waals surface area contributed by atoms with Gasteiger partial charge in [-0.15, -0.1) is 22.7 Å². The van der Waals surface area contributed by atoms with Gasteiger partial charge in [-0.1, -0.05) is 0 Å². The smallest absolute Gasteiger partial charge is 0.345 e. The van der Waals surface area contributed by atoms with Crippen LogP contribution in [0.25, 0.3) is 0 Å². The fraction of sp³-hybridized carbons (Fsp3) is 0.286. The molecule has 9 heteroatoms. The van der Waals surface area contributed by atoms with E-state index < -0.39 is 5.97 Å². The van der Waals surface area contributed by atoms with Gasteiger partial charge in [0.05, 0.1) is 19.6 Å². The molecule has 2 aromatic rings. The summed E-state index contributed by atoms with van der Waals surface area (Å²) >= 11 is 9.25. The molecule has 0 aliphatic rings. The number of aromatic carboxylic acids is 1. The number of carboxylic acid groups (broad SMARTS) is 1. The van der Waals surface area contributed by atoms with Crippen molar-refractivity contribution in [2.24, 2.45) is 0 Å². The van der Waals surface area contributed by atoms with E-state index in [2.05, 4.69) is 31.9 Å². The van der Waals surface area contributed by atoms with Crippen LogP contribution in [-0.2, 0) is 4.84 Å². The maximum atomic E-state index is 11.5. The summed E-state index contributed by atoms with van der Waals surface area (Å²) in [5, 5.41) is 9.72. The summed E-state index contributed by atoms with van der Waals surface area (Å²) in [6, 6.07) is 3.49. The van der Waals surface area contributed by atoms with Gasteiger partial charge < -0.3 is 5.11 Å². The van der Waals surface area contributed by atoms with Crippen LogP contribution in [0.2, 0.25) is 0 Å². The molecule has 0 aromatic carbocycles. The Hall–Kier alpha value is -0.740. The summed E-state index contributed by atoms with van der Waals surface area (Å²) in [7, 11) is 3.05. The monoisotopic (exact) mass is 483 g/mol. The highest BCUT2D eigenvalue weighted by Gasteiger charge is 2.15. The lowest BCUT2D eigenvalue weighted by Gasteiger charge is -2.11. The van der Waals surface area contributed by atoms with Crippen LogP contribution in [-0.4, -0.2) is 36.2 Å². The number of carboxylic acids is 1. The topological polar surface area (TPSA) is 66.8 Å². The standard InChI is InChI=1S/C8H10BrNO2S.C6H5BrO2S/c1-5-4-6(13-7(5)9)8(11)10(2)12-3;1-3-2-4(6(8)9)10-5(3)7/h4H,1-3H3;2H,1H3,(H,8,9). The van der Waals surface area contributed by atoms with Crippen molar-refractivity contribution in [3.05, 3.63) is 40.6 Å². The number of nitrogens with zero attached hydrogens (tertiary/aromatic N) is 1. The van der Waals surface area contributed by atoms with E-state index in [0.717, 1.165) is 18.7 Å². The van der Waals surface area contributed by atoms with Crippen molar-refractivity contribution in [1.29, 1.82) is 0 Å². The number of hydrogen-bond acceptors (Lipinski definition) is 5. The third-order valence-corrected chi connectivity index (χ3v) is 6.95. The Kier molecular flexibility index (Phi) is 7.88. The van der Waals surface area contributed by atoms with Gasteiger partial charge in [0.15, 0.2) is 0 Å². The minimum absolute atomic E-state index is 0.124. The van der Waals surface area contributed by atoms with Crippen LogP contribution in [0.15, 0.2) is 19.7 Å². The lowest BCUT2D eigenvalue weighted by atomic mass is 10.3. The molecule has 0 saturated heterocycles. The van der Waals surface area contributed by atoms with Crippen LogP contribution in [0.5, 0.6) is 0 Å². The Morgan fingerprint density at radius 2 is 1.52 bits per heavy atom. The number of carbonyl (C=O) groups is 2. The van der Waals surface area contributed by atoms with Crippen LogP contribution in [0.3, 0.4) is 0 Å². The van der Waals surface area contributed by atoms with Gasteiger partial charge in [-0.25, -0.2) is 9.86 Å². The fourth-order valence-corrected chi connectivity index (χ4v) is 4.24. The molecule has 2 heterocycles. The average molecular weight is 485 g/mol. The van der Waals surface area contributed by atoms with Crippen molar-refractivity contribution >= 4 is 66.4 Å². The van der Waals surface area contributed by atoms with E-state index in [1.165, 1.54) is 34.8 Å². The summed E-state index contributed by atoms with van der Waals surface area (Å²) in [6.45, 7) is 3.82. The number of amides is 1. The first-order chi connectivity index (χ1) is 10.7. The number of aryl methyl sites for hydroxylation is 2. The second-order valence-electron chi connectivity index (χ2n) is 4.43. The van der Waals surface area contributed by atoms with Crippen LogP contribution in [0, 0.1) is 13.8 Å². The quantitative estimate of drug-likeness (QED) is 0.624. The Morgan fingerprint density at radius 3 is 1.78 bits per heavy atom. The first-order valence-electron chi connectivity index (χ1n) is 6.24. The van der Waals surface area contributed by atoms with Gasteiger partial charge in [-0.05, 0) is 69.0 Å². The number of hydroxylamine groups is 2. The van der Waals surface area contributed by atoms with Crippen molar-refractivity contribution in [1.82, 2.24) is 5.06 Å². The maximum Gasteiger partial charge on any atom is 0.345 e. The predicted molar refractivity (Wildman–Crippen MR) is 99.6 cm³/mol. The zero-order chi connectivity index (χ0) is 17.7. The molecule has 0 bridgehead atoms. The summed E-state index contributed by atoms with van der Waals surface area (Å²) in [6.07, 6.45) is 0. The molecule has 2 rings (SSSR count). The molecule has 0 atom stereocenters. The molecule has 23 heavy (non-hydrogen) atoms. The second-order valence-corrected chi connectivity index (χ2v) is 9.17. The number of thiophene rings is 2. The fourth-order valence-electron chi connectivity index (χ4n) is 1.37. The summed E-state index contributed by atoms with van der Waals surface area (Å²) in [5.41, 5.74) is 2.04. The molecule has 0 fully saturated rings. The molecule has 0 radical (unpaired) electrons. The van der Waals surface area contributed by atoms with E-state index >= 15 is 0 Å². The average Bonchev–Trinajstić information content (AvgIpc) is 3.01. The molecule has 126 valence electrons. The molecule has 2 aromatic heterocycles. The molecular weight excluding hydrogens is 470 g/mol. The Bertz CT molecular complexity index is 673. The molecule has 5 nitrogen and oxygen atoms in total. The third-order valence-electron chi connectivity index (χ3n) is 2.70. The van der Waals surface area contributed by atoms with E-state index in [-0.39, 0.29) is 5.91 Å². The number of rotatable bonds is 3. The summed E-state index contributed by atoms with van der Waals surface area (Å²) in [5.74, 6) is -0.986. The van der Waals surface area contributed by atoms with E-state index in [1.807, 2.05) is 19.9 Å². The van der Waals surface area contributed by atoms with Gasteiger partial charge in [0.25, 0.3) is 5.91 Å². The van der Waals surface area contributed by atoms with E-state index in [1.54, 1.807) is 13.1 Å². The zero-order valence-corrected chi connectivity index (χ0v) is 17.7. The Labute approximate surface area is 159 Å². The van der Waals surface area contributed by atoms with Crippen LogP contribution in [0.4, 0.5) is 0 Å². The molecule has 1 N–H and O–H groups in total. The third kappa shape index (κ3) is 5.68. The van der Waals surface area contributed by atoms with Crippen molar-refractivity contribution in [3.63, 3.8) is 0 Å². The van der Waals surface area contributed by atoms with Crippen molar-refractivity contribution in [3.8, 4) is 0 Å². The Morgan fingerprint density at radius 1 is 1.09 bits per heavy atom. The molecule has 0 spiro atoms.